The first kappa shape index (κ1) is 33.8. The van der Waals surface area contributed by atoms with E-state index in [2.05, 4.69) is 0 Å². The summed E-state index contributed by atoms with van der Waals surface area (Å²) in [5.74, 6) is -3.07. The Hall–Kier alpha value is -6.28. The molecule has 0 N–H and O–H groups in total. The zero-order chi connectivity index (χ0) is 37.1. The Bertz CT molecular complexity index is 2170. The largest absolute Gasteiger partial charge is 0.497 e. The molecule has 0 radical (unpaired) electrons. The number of ketones is 1. The predicted molar refractivity (Wildman–Crippen MR) is 201 cm³/mol. The van der Waals surface area contributed by atoms with Crippen molar-refractivity contribution in [2.75, 3.05) is 19.1 Å². The van der Waals surface area contributed by atoms with Crippen LogP contribution in [0.1, 0.15) is 46.5 Å². The first-order valence-corrected chi connectivity index (χ1v) is 17.6. The number of ether oxygens (including phenoxy) is 3. The van der Waals surface area contributed by atoms with Crippen LogP contribution in [-0.2, 0) is 30.0 Å². The number of allylic oxidation sites excluding steroid dienone is 2. The van der Waals surface area contributed by atoms with Gasteiger partial charge in [-0.05, 0) is 83.6 Å². The van der Waals surface area contributed by atoms with Gasteiger partial charge >= 0.3 is 5.97 Å². The van der Waals surface area contributed by atoms with Crippen LogP contribution in [0.2, 0.25) is 0 Å². The Kier molecular flexibility index (Phi) is 8.13. The number of amides is 2. The molecular weight excluding hydrogens is 666 g/mol. The fourth-order valence-electron chi connectivity index (χ4n) is 9.00. The van der Waals surface area contributed by atoms with Gasteiger partial charge in [0.1, 0.15) is 11.5 Å². The normalized spacial score (nSPS) is 23.1. The first-order valence-electron chi connectivity index (χ1n) is 17.6. The first-order chi connectivity index (χ1) is 25.7. The number of imide groups is 1. The number of esters is 1. The summed E-state index contributed by atoms with van der Waals surface area (Å²) in [4.78, 5) is 61.6. The number of carbonyl (C=O) groups excluding carboxylic acids is 4. The van der Waals surface area contributed by atoms with Crippen molar-refractivity contribution in [3.8, 4) is 11.5 Å². The molecule has 5 aromatic rings. The van der Waals surface area contributed by atoms with Crippen LogP contribution in [0.5, 0.6) is 11.5 Å². The van der Waals surface area contributed by atoms with Gasteiger partial charge in [0.15, 0.2) is 5.78 Å². The summed E-state index contributed by atoms with van der Waals surface area (Å²) in [7, 11) is 3.18. The minimum absolute atomic E-state index is 0.0859. The van der Waals surface area contributed by atoms with Crippen LogP contribution < -0.4 is 14.4 Å². The molecule has 2 fully saturated rings. The van der Waals surface area contributed by atoms with Crippen LogP contribution in [0.15, 0.2) is 133 Å². The zero-order valence-corrected chi connectivity index (χ0v) is 29.7. The van der Waals surface area contributed by atoms with E-state index in [0.29, 0.717) is 44.9 Å². The van der Waals surface area contributed by atoms with E-state index >= 15 is 14.4 Å². The highest BCUT2D eigenvalue weighted by Crippen LogP contribution is 2.74. The number of fused-ring (bicyclic) bond motifs is 5. The highest BCUT2D eigenvalue weighted by Gasteiger charge is 2.82. The van der Waals surface area contributed by atoms with Crippen molar-refractivity contribution in [2.45, 2.75) is 30.8 Å². The van der Waals surface area contributed by atoms with Crippen LogP contribution in [0.3, 0.4) is 0 Å². The summed E-state index contributed by atoms with van der Waals surface area (Å²) in [5, 5.41) is 0. The van der Waals surface area contributed by atoms with Crippen LogP contribution in [-0.4, -0.2) is 43.9 Å². The smallest absolute Gasteiger partial charge is 0.340 e. The monoisotopic (exact) mass is 703 g/mol. The average molecular weight is 704 g/mol. The number of hydrogen-bond donors (Lipinski definition) is 0. The Morgan fingerprint density at radius 3 is 1.42 bits per heavy atom. The summed E-state index contributed by atoms with van der Waals surface area (Å²) >= 11 is 0. The SMILES string of the molecule is COc1ccc(C2=C(c3ccc(OC)cc3)[C@@]3(c4ccccc4)C(=O)[C@@]2(c2ccccc2)[C@H]2C(=O)N(c4ccccc4C(=O)OC(C)C)C(=O)[C@@H]23)cc1. The van der Waals surface area contributed by atoms with E-state index in [1.54, 1.807) is 52.3 Å². The van der Waals surface area contributed by atoms with E-state index in [9.17, 15) is 4.79 Å². The van der Waals surface area contributed by atoms with Gasteiger partial charge in [0.25, 0.3) is 0 Å². The number of methoxy groups -OCH3 is 2. The van der Waals surface area contributed by atoms with Gasteiger partial charge < -0.3 is 14.2 Å². The Labute approximate surface area is 307 Å². The number of nitrogens with zero attached hydrogens (tertiary/aromatic N) is 1. The fourth-order valence-corrected chi connectivity index (χ4v) is 9.00. The van der Waals surface area contributed by atoms with Gasteiger partial charge in [-0.2, -0.15) is 0 Å². The van der Waals surface area contributed by atoms with Crippen molar-refractivity contribution in [2.24, 2.45) is 11.8 Å². The molecule has 53 heavy (non-hydrogen) atoms. The fraction of sp³-hybridized carbons (Fsp3) is 0.200. The van der Waals surface area contributed by atoms with Gasteiger partial charge in [-0.1, -0.05) is 97.1 Å². The molecular formula is C45H37NO7. The molecule has 2 aliphatic carbocycles. The van der Waals surface area contributed by atoms with E-state index in [-0.39, 0.29) is 17.0 Å². The number of anilines is 1. The lowest BCUT2D eigenvalue weighted by atomic mass is 9.59. The topological polar surface area (TPSA) is 99.2 Å². The predicted octanol–water partition coefficient (Wildman–Crippen LogP) is 7.46. The van der Waals surface area contributed by atoms with Gasteiger partial charge in [-0.15, -0.1) is 0 Å². The second kappa shape index (κ2) is 12.7. The highest BCUT2D eigenvalue weighted by molar-refractivity contribution is 6.39. The maximum atomic E-state index is 16.2. The molecule has 8 heteroatoms. The maximum Gasteiger partial charge on any atom is 0.340 e. The molecule has 1 aliphatic heterocycles. The number of Topliss-reactive ketones (excluding diaryl/α,β-unsaturated/α-hetero) is 1. The molecule has 1 saturated heterocycles. The minimum atomic E-state index is -1.61. The standard InChI is InChI=1S/C45H37NO7/c1-27(2)53-42(49)34-17-11-12-18-35(34)46-40(47)38-39(41(46)48)45(31-15-9-6-10-16-31)37(29-21-25-33(52-4)26-22-29)36(28-19-23-32(51-3)24-20-28)44(38,43(45)50)30-13-7-5-8-14-30/h5-27,38-39H,1-4H3/t38-,39-,44-,45-/m1/s1. The molecule has 8 rings (SSSR count). The number of hydrogen-bond acceptors (Lipinski definition) is 7. The Morgan fingerprint density at radius 1 is 0.585 bits per heavy atom. The van der Waals surface area contributed by atoms with Crippen molar-refractivity contribution in [3.05, 3.63) is 161 Å². The van der Waals surface area contributed by atoms with Crippen LogP contribution in [0.4, 0.5) is 5.69 Å². The maximum absolute atomic E-state index is 16.2. The van der Waals surface area contributed by atoms with E-state index < -0.39 is 46.6 Å². The quantitative estimate of drug-likeness (QED) is 0.116. The molecule has 8 nitrogen and oxygen atoms in total. The molecule has 0 aromatic heterocycles. The zero-order valence-electron chi connectivity index (χ0n) is 29.7. The lowest BCUT2D eigenvalue weighted by Gasteiger charge is -2.39. The molecule has 2 amide bonds. The highest BCUT2D eigenvalue weighted by atomic mass is 16.5. The van der Waals surface area contributed by atoms with Crippen molar-refractivity contribution in [1.82, 2.24) is 0 Å². The third kappa shape index (κ3) is 4.68. The number of rotatable bonds is 9. The van der Waals surface area contributed by atoms with Gasteiger partial charge in [-0.3, -0.25) is 14.4 Å². The van der Waals surface area contributed by atoms with E-state index in [0.717, 1.165) is 4.90 Å². The molecule has 1 heterocycles. The van der Waals surface area contributed by atoms with Crippen LogP contribution in [0, 0.1) is 11.8 Å². The van der Waals surface area contributed by atoms with Crippen molar-refractivity contribution in [1.29, 1.82) is 0 Å². The van der Waals surface area contributed by atoms with Crippen LogP contribution in [0.25, 0.3) is 11.1 Å². The number of benzene rings is 5. The molecule has 4 atom stereocenters. The minimum Gasteiger partial charge on any atom is -0.497 e. The third-order valence-electron chi connectivity index (χ3n) is 10.9. The summed E-state index contributed by atoms with van der Waals surface area (Å²) < 4.78 is 16.6. The molecule has 2 bridgehead atoms. The lowest BCUT2D eigenvalue weighted by molar-refractivity contribution is -0.130. The number of carbonyl (C=O) groups is 4. The summed E-state index contributed by atoms with van der Waals surface area (Å²) in [5.41, 5.74) is 0.894. The Balaban J connectivity index is 1.50. The second-order valence-electron chi connectivity index (χ2n) is 13.8. The molecule has 0 unspecified atom stereocenters. The molecule has 5 aromatic carbocycles. The van der Waals surface area contributed by atoms with Gasteiger partial charge in [-0.25, -0.2) is 9.69 Å². The second-order valence-corrected chi connectivity index (χ2v) is 13.8. The number of para-hydroxylation sites is 1. The molecule has 0 spiro atoms. The molecule has 264 valence electrons. The van der Waals surface area contributed by atoms with Crippen LogP contribution >= 0.6 is 0 Å². The molecule has 1 saturated carbocycles. The van der Waals surface area contributed by atoms with E-state index in [1.165, 1.54) is 0 Å². The van der Waals surface area contributed by atoms with Crippen molar-refractivity contribution < 1.29 is 33.4 Å². The van der Waals surface area contributed by atoms with Crippen molar-refractivity contribution >= 4 is 40.4 Å². The molecule has 3 aliphatic rings. The summed E-state index contributed by atoms with van der Waals surface area (Å²) in [6.07, 6.45) is -0.431. The summed E-state index contributed by atoms with van der Waals surface area (Å²) in [6.45, 7) is 3.47. The van der Waals surface area contributed by atoms with Gasteiger partial charge in [0, 0.05) is 0 Å². The Morgan fingerprint density at radius 2 is 1.00 bits per heavy atom. The van der Waals surface area contributed by atoms with E-state index in [4.69, 9.17) is 14.2 Å². The van der Waals surface area contributed by atoms with E-state index in [1.807, 2.05) is 109 Å². The van der Waals surface area contributed by atoms with Gasteiger partial charge in [0.05, 0.1) is 54.2 Å². The van der Waals surface area contributed by atoms with Crippen molar-refractivity contribution in [3.63, 3.8) is 0 Å². The summed E-state index contributed by atoms with van der Waals surface area (Å²) in [6, 6.07) is 40.0. The van der Waals surface area contributed by atoms with Gasteiger partial charge in [0.2, 0.25) is 11.8 Å². The third-order valence-corrected chi connectivity index (χ3v) is 10.9. The lowest BCUT2D eigenvalue weighted by Crippen LogP contribution is -2.46. The average Bonchev–Trinajstić information content (AvgIpc) is 3.70.